The van der Waals surface area contributed by atoms with Crippen LogP contribution in [0.25, 0.3) is 0 Å². The average molecular weight is 238 g/mol. The molecular weight excluding hydrogens is 220 g/mol. The van der Waals surface area contributed by atoms with E-state index in [1.807, 2.05) is 23.5 Å². The maximum Gasteiger partial charge on any atom is 0.151 e. The molecule has 0 N–H and O–H groups in total. The number of Topliss-reactive ketones (excluding diaryl/α,β-unsaturated/α-hetero) is 1. The molecule has 1 saturated heterocycles. The topological polar surface area (TPSA) is 34.9 Å². The fourth-order valence-corrected chi connectivity index (χ4v) is 3.25. The van der Waals surface area contributed by atoms with E-state index in [9.17, 15) is 4.79 Å². The zero-order valence-electron chi connectivity index (χ0n) is 9.90. The summed E-state index contributed by atoms with van der Waals surface area (Å²) in [6.45, 7) is 2.08. The molecule has 0 radical (unpaired) electrons. The van der Waals surface area contributed by atoms with Crippen LogP contribution in [0.2, 0.25) is 0 Å². The van der Waals surface area contributed by atoms with E-state index in [4.69, 9.17) is 0 Å². The molecule has 2 rings (SSSR count). The first-order valence-electron chi connectivity index (χ1n) is 5.86. The van der Waals surface area contributed by atoms with Gasteiger partial charge in [-0.1, -0.05) is 6.92 Å². The summed E-state index contributed by atoms with van der Waals surface area (Å²) in [7, 11) is 1.92. The highest BCUT2D eigenvalue weighted by atomic mass is 32.2. The van der Waals surface area contributed by atoms with Crippen LogP contribution < -0.4 is 0 Å². The lowest BCUT2D eigenvalue weighted by molar-refractivity contribution is -0.118. The standard InChI is InChI=1S/C12H18N2OS/c1-3-9-7-10(14(2)13-9)8-11(15)12-5-4-6-16-12/h7,12H,3-6,8H2,1-2H3. The van der Waals surface area contributed by atoms with Gasteiger partial charge in [0.15, 0.2) is 5.78 Å². The van der Waals surface area contributed by atoms with Crippen LogP contribution in [0.15, 0.2) is 6.07 Å². The summed E-state index contributed by atoms with van der Waals surface area (Å²) in [5.74, 6) is 1.51. The van der Waals surface area contributed by atoms with Crippen molar-refractivity contribution in [2.75, 3.05) is 5.75 Å². The lowest BCUT2D eigenvalue weighted by Crippen LogP contribution is -2.18. The second-order valence-corrected chi connectivity index (χ2v) is 5.56. The maximum absolute atomic E-state index is 12.0. The summed E-state index contributed by atoms with van der Waals surface area (Å²) in [4.78, 5) is 12.0. The Morgan fingerprint density at radius 3 is 3.06 bits per heavy atom. The molecule has 1 fully saturated rings. The Labute approximate surface area is 101 Å². The molecule has 0 saturated carbocycles. The minimum atomic E-state index is 0.236. The highest BCUT2D eigenvalue weighted by Crippen LogP contribution is 2.27. The van der Waals surface area contributed by atoms with Gasteiger partial charge in [-0.2, -0.15) is 16.9 Å². The number of ketones is 1. The molecule has 88 valence electrons. The maximum atomic E-state index is 12.0. The van der Waals surface area contributed by atoms with E-state index >= 15 is 0 Å². The van der Waals surface area contributed by atoms with Gasteiger partial charge in [-0.15, -0.1) is 0 Å². The molecule has 0 aromatic carbocycles. The molecule has 2 heterocycles. The van der Waals surface area contributed by atoms with E-state index in [-0.39, 0.29) is 5.25 Å². The molecule has 1 aromatic heterocycles. The molecule has 1 unspecified atom stereocenters. The predicted octanol–water partition coefficient (Wildman–Crippen LogP) is 1.99. The van der Waals surface area contributed by atoms with E-state index in [0.29, 0.717) is 12.2 Å². The number of thioether (sulfide) groups is 1. The number of carbonyl (C=O) groups is 1. The zero-order valence-corrected chi connectivity index (χ0v) is 10.7. The zero-order chi connectivity index (χ0) is 11.5. The quantitative estimate of drug-likeness (QED) is 0.804. The lowest BCUT2D eigenvalue weighted by atomic mass is 10.1. The molecule has 1 aliphatic heterocycles. The van der Waals surface area contributed by atoms with Gasteiger partial charge in [0.1, 0.15) is 0 Å². The third-order valence-corrected chi connectivity index (χ3v) is 4.46. The number of hydrogen-bond acceptors (Lipinski definition) is 3. The molecule has 0 bridgehead atoms. The third-order valence-electron chi connectivity index (χ3n) is 3.03. The number of nitrogens with zero attached hydrogens (tertiary/aromatic N) is 2. The minimum absolute atomic E-state index is 0.236. The highest BCUT2D eigenvalue weighted by molar-refractivity contribution is 8.00. The van der Waals surface area contributed by atoms with Crippen LogP contribution in [0.5, 0.6) is 0 Å². The number of aromatic nitrogens is 2. The predicted molar refractivity (Wildman–Crippen MR) is 66.8 cm³/mol. The van der Waals surface area contributed by atoms with Gasteiger partial charge in [0, 0.05) is 19.2 Å². The highest BCUT2D eigenvalue weighted by Gasteiger charge is 2.24. The molecule has 16 heavy (non-hydrogen) atoms. The summed E-state index contributed by atoms with van der Waals surface area (Å²) in [6, 6.07) is 2.05. The summed E-state index contributed by atoms with van der Waals surface area (Å²) >= 11 is 1.81. The van der Waals surface area contributed by atoms with Crippen LogP contribution in [-0.2, 0) is 24.7 Å². The Bertz CT molecular complexity index is 380. The number of carbonyl (C=O) groups excluding carboxylic acids is 1. The van der Waals surface area contributed by atoms with E-state index in [1.165, 1.54) is 6.42 Å². The fourth-order valence-electron chi connectivity index (χ4n) is 2.03. The molecular formula is C12H18N2OS. The smallest absolute Gasteiger partial charge is 0.151 e. The molecule has 0 aliphatic carbocycles. The Morgan fingerprint density at radius 1 is 1.69 bits per heavy atom. The van der Waals surface area contributed by atoms with Crippen molar-refractivity contribution in [3.63, 3.8) is 0 Å². The number of hydrogen-bond donors (Lipinski definition) is 0. The van der Waals surface area contributed by atoms with Crippen LogP contribution >= 0.6 is 11.8 Å². The second kappa shape index (κ2) is 5.04. The molecule has 1 aromatic rings. The van der Waals surface area contributed by atoms with Crippen molar-refractivity contribution in [1.29, 1.82) is 0 Å². The van der Waals surface area contributed by atoms with Crippen molar-refractivity contribution in [3.05, 3.63) is 17.5 Å². The van der Waals surface area contributed by atoms with Crippen LogP contribution in [0.3, 0.4) is 0 Å². The van der Waals surface area contributed by atoms with Gasteiger partial charge in [-0.25, -0.2) is 0 Å². The summed E-state index contributed by atoms with van der Waals surface area (Å²) in [5.41, 5.74) is 2.12. The Balaban J connectivity index is 2.02. The molecule has 4 heteroatoms. The summed E-state index contributed by atoms with van der Waals surface area (Å²) in [6.07, 6.45) is 3.72. The summed E-state index contributed by atoms with van der Waals surface area (Å²) < 4.78 is 1.84. The molecule has 1 atom stereocenters. The first-order valence-corrected chi connectivity index (χ1v) is 6.91. The molecule has 0 spiro atoms. The lowest BCUT2D eigenvalue weighted by Gasteiger charge is -2.06. The van der Waals surface area contributed by atoms with Gasteiger partial charge in [0.25, 0.3) is 0 Å². The largest absolute Gasteiger partial charge is 0.298 e. The van der Waals surface area contributed by atoms with Gasteiger partial charge in [0.05, 0.1) is 10.9 Å². The monoisotopic (exact) mass is 238 g/mol. The van der Waals surface area contributed by atoms with Gasteiger partial charge in [-0.3, -0.25) is 9.48 Å². The summed E-state index contributed by atoms with van der Waals surface area (Å²) in [5, 5.41) is 4.60. The SMILES string of the molecule is CCc1cc(CC(=O)C2CCCS2)n(C)n1. The fraction of sp³-hybridized carbons (Fsp3) is 0.667. The van der Waals surface area contributed by atoms with Crippen molar-refractivity contribution in [1.82, 2.24) is 9.78 Å². The second-order valence-electron chi connectivity index (χ2n) is 4.25. The molecule has 1 aliphatic rings. The van der Waals surface area contributed by atoms with Gasteiger partial charge < -0.3 is 0 Å². The van der Waals surface area contributed by atoms with Crippen LogP contribution in [0.1, 0.15) is 31.2 Å². The van der Waals surface area contributed by atoms with Crippen LogP contribution in [0, 0.1) is 0 Å². The first kappa shape index (κ1) is 11.7. The minimum Gasteiger partial charge on any atom is -0.298 e. The number of aryl methyl sites for hydroxylation is 2. The van der Waals surface area contributed by atoms with Crippen molar-refractivity contribution in [2.45, 2.75) is 37.9 Å². The van der Waals surface area contributed by atoms with Crippen LogP contribution in [0.4, 0.5) is 0 Å². The van der Waals surface area contributed by atoms with Gasteiger partial charge in [-0.05, 0) is 31.1 Å². The van der Waals surface area contributed by atoms with E-state index in [0.717, 1.165) is 30.0 Å². The van der Waals surface area contributed by atoms with Gasteiger partial charge in [0.2, 0.25) is 0 Å². The van der Waals surface area contributed by atoms with Crippen molar-refractivity contribution >= 4 is 17.5 Å². The Kier molecular flexibility index (Phi) is 3.69. The third kappa shape index (κ3) is 2.48. The Hall–Kier alpha value is -0.770. The van der Waals surface area contributed by atoms with Crippen molar-refractivity contribution in [2.24, 2.45) is 7.05 Å². The van der Waals surface area contributed by atoms with Crippen LogP contribution in [-0.4, -0.2) is 26.6 Å². The molecule has 0 amide bonds. The van der Waals surface area contributed by atoms with E-state index < -0.39 is 0 Å². The first-order chi connectivity index (χ1) is 7.70. The Morgan fingerprint density at radius 2 is 2.50 bits per heavy atom. The van der Waals surface area contributed by atoms with E-state index in [1.54, 1.807) is 0 Å². The van der Waals surface area contributed by atoms with Crippen molar-refractivity contribution < 1.29 is 4.79 Å². The normalized spacial score (nSPS) is 20.2. The number of rotatable bonds is 4. The van der Waals surface area contributed by atoms with Crippen molar-refractivity contribution in [3.8, 4) is 0 Å². The van der Waals surface area contributed by atoms with E-state index in [2.05, 4.69) is 18.1 Å². The molecule has 3 nitrogen and oxygen atoms in total. The van der Waals surface area contributed by atoms with Gasteiger partial charge >= 0.3 is 0 Å². The average Bonchev–Trinajstić information content (AvgIpc) is 2.88.